The van der Waals surface area contributed by atoms with Crippen LogP contribution in [0.15, 0.2) is 6.20 Å². The minimum Gasteiger partial charge on any atom is -0.308 e. The van der Waals surface area contributed by atoms with Crippen LogP contribution >= 0.6 is 0 Å². The molecule has 1 aromatic heterocycles. The van der Waals surface area contributed by atoms with Crippen molar-refractivity contribution in [2.24, 2.45) is 5.41 Å². The van der Waals surface area contributed by atoms with E-state index in [-0.39, 0.29) is 5.41 Å². The Hall–Kier alpha value is -0.900. The molecule has 0 spiro atoms. The molecule has 0 saturated carbocycles. The monoisotopic (exact) mass is 224 g/mol. The van der Waals surface area contributed by atoms with Gasteiger partial charge < -0.3 is 5.32 Å². The number of nitrogens with zero attached hydrogens (tertiary/aromatic N) is 3. The SMILES string of the molecule is CCCn1nncc1C(NCC)C(C)(C)C. The second-order valence-corrected chi connectivity index (χ2v) is 5.24. The van der Waals surface area contributed by atoms with E-state index in [9.17, 15) is 0 Å². The topological polar surface area (TPSA) is 42.7 Å². The van der Waals surface area contributed by atoms with E-state index >= 15 is 0 Å². The molecule has 92 valence electrons. The maximum atomic E-state index is 4.15. The molecule has 4 nitrogen and oxygen atoms in total. The standard InChI is InChI=1S/C12H24N4/c1-6-8-16-10(9-14-15-16)11(13-7-2)12(3,4)5/h9,11,13H,6-8H2,1-5H3. The first kappa shape index (κ1) is 13.2. The molecule has 1 atom stereocenters. The fourth-order valence-electron chi connectivity index (χ4n) is 1.93. The molecule has 1 heterocycles. The van der Waals surface area contributed by atoms with Crippen LogP contribution in [0.1, 0.15) is 52.8 Å². The summed E-state index contributed by atoms with van der Waals surface area (Å²) in [5, 5.41) is 11.7. The molecule has 0 bridgehead atoms. The van der Waals surface area contributed by atoms with E-state index in [1.54, 1.807) is 0 Å². The summed E-state index contributed by atoms with van der Waals surface area (Å²) < 4.78 is 2.01. The van der Waals surface area contributed by atoms with Crippen LogP contribution < -0.4 is 5.32 Å². The largest absolute Gasteiger partial charge is 0.308 e. The van der Waals surface area contributed by atoms with Crippen molar-refractivity contribution < 1.29 is 0 Å². The van der Waals surface area contributed by atoms with Crippen molar-refractivity contribution in [1.82, 2.24) is 20.3 Å². The molecule has 0 aliphatic carbocycles. The second kappa shape index (κ2) is 5.43. The van der Waals surface area contributed by atoms with E-state index in [1.807, 2.05) is 10.9 Å². The highest BCUT2D eigenvalue weighted by Gasteiger charge is 2.28. The minimum absolute atomic E-state index is 0.170. The molecule has 0 aliphatic rings. The highest BCUT2D eigenvalue weighted by atomic mass is 15.4. The molecular weight excluding hydrogens is 200 g/mol. The van der Waals surface area contributed by atoms with Gasteiger partial charge in [0.25, 0.3) is 0 Å². The molecule has 1 unspecified atom stereocenters. The van der Waals surface area contributed by atoms with Crippen LogP contribution in [0.5, 0.6) is 0 Å². The van der Waals surface area contributed by atoms with E-state index in [4.69, 9.17) is 0 Å². The van der Waals surface area contributed by atoms with Crippen molar-refractivity contribution in [2.45, 2.75) is 53.6 Å². The number of aromatic nitrogens is 3. The Morgan fingerprint density at radius 2 is 2.06 bits per heavy atom. The van der Waals surface area contributed by atoms with Crippen LogP contribution in [0.25, 0.3) is 0 Å². The van der Waals surface area contributed by atoms with Gasteiger partial charge in [-0.25, -0.2) is 4.68 Å². The fraction of sp³-hybridized carbons (Fsp3) is 0.833. The van der Waals surface area contributed by atoms with Crippen LogP contribution in [-0.4, -0.2) is 21.5 Å². The lowest BCUT2D eigenvalue weighted by Crippen LogP contribution is -2.34. The van der Waals surface area contributed by atoms with E-state index in [0.29, 0.717) is 6.04 Å². The quantitative estimate of drug-likeness (QED) is 0.835. The zero-order valence-corrected chi connectivity index (χ0v) is 11.1. The molecule has 4 heteroatoms. The zero-order chi connectivity index (χ0) is 12.2. The first-order chi connectivity index (χ1) is 7.50. The van der Waals surface area contributed by atoms with Crippen LogP contribution in [0, 0.1) is 5.41 Å². The van der Waals surface area contributed by atoms with Gasteiger partial charge in [0, 0.05) is 6.54 Å². The van der Waals surface area contributed by atoms with Crippen molar-refractivity contribution in [3.05, 3.63) is 11.9 Å². The Labute approximate surface area is 98.4 Å². The molecule has 0 aromatic carbocycles. The molecule has 0 saturated heterocycles. The lowest BCUT2D eigenvalue weighted by molar-refractivity contribution is 0.261. The van der Waals surface area contributed by atoms with E-state index in [1.165, 1.54) is 5.69 Å². The predicted molar refractivity (Wildman–Crippen MR) is 66.2 cm³/mol. The van der Waals surface area contributed by atoms with Gasteiger partial charge in [-0.2, -0.15) is 0 Å². The molecule has 0 radical (unpaired) electrons. The lowest BCUT2D eigenvalue weighted by Gasteiger charge is -2.31. The Kier molecular flexibility index (Phi) is 4.47. The number of rotatable bonds is 5. The molecule has 1 rings (SSSR count). The Morgan fingerprint density at radius 1 is 1.38 bits per heavy atom. The van der Waals surface area contributed by atoms with Crippen LogP contribution in [0.3, 0.4) is 0 Å². The van der Waals surface area contributed by atoms with Crippen molar-refractivity contribution in [2.75, 3.05) is 6.54 Å². The third-order valence-electron chi connectivity index (χ3n) is 2.65. The summed E-state index contributed by atoms with van der Waals surface area (Å²) in [5.41, 5.74) is 1.36. The average Bonchev–Trinajstić information content (AvgIpc) is 2.61. The molecule has 0 aliphatic heterocycles. The van der Waals surface area contributed by atoms with Crippen LogP contribution in [-0.2, 0) is 6.54 Å². The summed E-state index contributed by atoms with van der Waals surface area (Å²) in [4.78, 5) is 0. The van der Waals surface area contributed by atoms with Crippen molar-refractivity contribution in [3.63, 3.8) is 0 Å². The van der Waals surface area contributed by atoms with Crippen molar-refractivity contribution >= 4 is 0 Å². The maximum Gasteiger partial charge on any atom is 0.0761 e. The first-order valence-electron chi connectivity index (χ1n) is 6.12. The van der Waals surface area contributed by atoms with Crippen molar-refractivity contribution in [3.8, 4) is 0 Å². The number of aryl methyl sites for hydroxylation is 1. The van der Waals surface area contributed by atoms with E-state index in [0.717, 1.165) is 19.5 Å². The summed E-state index contributed by atoms with van der Waals surface area (Å²) in [7, 11) is 0. The Bertz CT molecular complexity index is 311. The predicted octanol–water partition coefficient (Wildman–Crippen LogP) is 2.38. The fourth-order valence-corrected chi connectivity index (χ4v) is 1.93. The molecule has 1 N–H and O–H groups in total. The summed E-state index contributed by atoms with van der Waals surface area (Å²) in [5.74, 6) is 0. The highest BCUT2D eigenvalue weighted by molar-refractivity contribution is 5.06. The number of hydrogen-bond acceptors (Lipinski definition) is 3. The molecule has 0 fully saturated rings. The van der Waals surface area contributed by atoms with Gasteiger partial charge in [-0.3, -0.25) is 0 Å². The maximum absolute atomic E-state index is 4.15. The van der Waals surface area contributed by atoms with Gasteiger partial charge in [0.2, 0.25) is 0 Å². The lowest BCUT2D eigenvalue weighted by atomic mass is 9.85. The Morgan fingerprint density at radius 3 is 2.56 bits per heavy atom. The average molecular weight is 224 g/mol. The van der Waals surface area contributed by atoms with E-state index < -0.39 is 0 Å². The number of hydrogen-bond donors (Lipinski definition) is 1. The van der Waals surface area contributed by atoms with Gasteiger partial charge in [0.15, 0.2) is 0 Å². The molecular formula is C12H24N4. The summed E-state index contributed by atoms with van der Waals surface area (Å²) >= 11 is 0. The van der Waals surface area contributed by atoms with Gasteiger partial charge >= 0.3 is 0 Å². The minimum atomic E-state index is 0.170. The number of nitrogens with one attached hydrogen (secondary N) is 1. The van der Waals surface area contributed by atoms with Gasteiger partial charge in [0.1, 0.15) is 0 Å². The van der Waals surface area contributed by atoms with Crippen LogP contribution in [0.2, 0.25) is 0 Å². The summed E-state index contributed by atoms with van der Waals surface area (Å²) in [6.45, 7) is 12.9. The third kappa shape index (κ3) is 3.04. The molecule has 0 amide bonds. The highest BCUT2D eigenvalue weighted by Crippen LogP contribution is 2.32. The van der Waals surface area contributed by atoms with Gasteiger partial charge in [0.05, 0.1) is 17.9 Å². The Balaban J connectivity index is 2.96. The van der Waals surface area contributed by atoms with Crippen LogP contribution in [0.4, 0.5) is 0 Å². The normalized spacial score (nSPS) is 14.1. The smallest absolute Gasteiger partial charge is 0.0761 e. The zero-order valence-electron chi connectivity index (χ0n) is 11.1. The van der Waals surface area contributed by atoms with E-state index in [2.05, 4.69) is 50.2 Å². The molecule has 1 aromatic rings. The first-order valence-corrected chi connectivity index (χ1v) is 6.12. The molecule has 16 heavy (non-hydrogen) atoms. The van der Waals surface area contributed by atoms with Gasteiger partial charge in [-0.1, -0.05) is 39.8 Å². The van der Waals surface area contributed by atoms with Crippen molar-refractivity contribution in [1.29, 1.82) is 0 Å². The summed E-state index contributed by atoms with van der Waals surface area (Å²) in [6, 6.07) is 0.305. The second-order valence-electron chi connectivity index (χ2n) is 5.24. The van der Waals surface area contributed by atoms with Gasteiger partial charge in [-0.05, 0) is 18.4 Å². The third-order valence-corrected chi connectivity index (χ3v) is 2.65. The van der Waals surface area contributed by atoms with Gasteiger partial charge in [-0.15, -0.1) is 5.10 Å². The summed E-state index contributed by atoms with van der Waals surface area (Å²) in [6.07, 6.45) is 2.97.